The Hall–Kier alpha value is -0.450. The Balaban J connectivity index is 2.29. The number of rotatable bonds is 1. The van der Waals surface area contributed by atoms with E-state index in [9.17, 15) is 9.90 Å². The Bertz CT molecular complexity index is 361. The van der Waals surface area contributed by atoms with Crippen LogP contribution in [0.3, 0.4) is 0 Å². The molecule has 2 fully saturated rings. The van der Waals surface area contributed by atoms with Crippen LogP contribution in [0.5, 0.6) is 0 Å². The van der Waals surface area contributed by atoms with Gasteiger partial charge in [-0.2, -0.15) is 0 Å². The molecule has 2 saturated heterocycles. The molecule has 1 N–H and O–H groups in total. The molecule has 2 rings (SSSR count). The second-order valence-corrected chi connectivity index (χ2v) is 7.40. The SMILES string of the molecule is CC(C)(C)[C@H](O)[C@H]1O[C@@]2(CCCCO2)C(C)(C)C1=O. The summed E-state index contributed by atoms with van der Waals surface area (Å²) in [4.78, 5) is 12.6. The van der Waals surface area contributed by atoms with Gasteiger partial charge in [0.2, 0.25) is 0 Å². The van der Waals surface area contributed by atoms with Crippen molar-refractivity contribution >= 4 is 5.78 Å². The molecule has 0 amide bonds. The maximum atomic E-state index is 12.6. The van der Waals surface area contributed by atoms with Crippen molar-refractivity contribution in [2.75, 3.05) is 6.61 Å². The van der Waals surface area contributed by atoms with Crippen LogP contribution in [0.25, 0.3) is 0 Å². The fourth-order valence-corrected chi connectivity index (χ4v) is 2.97. The lowest BCUT2D eigenvalue weighted by Crippen LogP contribution is -2.48. The summed E-state index contributed by atoms with van der Waals surface area (Å²) in [7, 11) is 0. The summed E-state index contributed by atoms with van der Waals surface area (Å²) < 4.78 is 11.8. The molecule has 0 radical (unpaired) electrons. The van der Waals surface area contributed by atoms with Crippen molar-refractivity contribution in [3.8, 4) is 0 Å². The third-order valence-electron chi connectivity index (χ3n) is 4.55. The summed E-state index contributed by atoms with van der Waals surface area (Å²) >= 11 is 0. The molecule has 4 nitrogen and oxygen atoms in total. The Morgan fingerprint density at radius 2 is 1.95 bits per heavy atom. The fraction of sp³-hybridized carbons (Fsp3) is 0.933. The maximum Gasteiger partial charge on any atom is 0.181 e. The van der Waals surface area contributed by atoms with E-state index in [1.54, 1.807) is 0 Å². The van der Waals surface area contributed by atoms with Gasteiger partial charge in [0.25, 0.3) is 0 Å². The van der Waals surface area contributed by atoms with Crippen LogP contribution in [-0.4, -0.2) is 35.5 Å². The lowest BCUT2D eigenvalue weighted by Gasteiger charge is -2.41. The maximum absolute atomic E-state index is 12.6. The Kier molecular flexibility index (Phi) is 3.57. The third-order valence-corrected chi connectivity index (χ3v) is 4.55. The summed E-state index contributed by atoms with van der Waals surface area (Å²) in [6.45, 7) is 10.1. The van der Waals surface area contributed by atoms with Crippen LogP contribution in [0.1, 0.15) is 53.9 Å². The van der Waals surface area contributed by atoms with Gasteiger partial charge >= 0.3 is 0 Å². The Morgan fingerprint density at radius 1 is 1.32 bits per heavy atom. The highest BCUT2D eigenvalue weighted by Gasteiger charge is 2.63. The lowest BCUT2D eigenvalue weighted by atomic mass is 9.74. The average molecular weight is 270 g/mol. The zero-order chi connectivity index (χ0) is 14.5. The number of carbonyl (C=O) groups excluding carboxylic acids is 1. The number of aliphatic hydroxyl groups excluding tert-OH is 1. The van der Waals surface area contributed by atoms with Crippen molar-refractivity contribution in [3.05, 3.63) is 0 Å². The van der Waals surface area contributed by atoms with Gasteiger partial charge in [-0.1, -0.05) is 20.8 Å². The summed E-state index contributed by atoms with van der Waals surface area (Å²) in [5.41, 5.74) is -1.10. The predicted octanol–water partition coefficient (Wildman–Crippen LogP) is 2.28. The van der Waals surface area contributed by atoms with Gasteiger partial charge < -0.3 is 14.6 Å². The van der Waals surface area contributed by atoms with Gasteiger partial charge in [-0.15, -0.1) is 0 Å². The number of aliphatic hydroxyl groups is 1. The molecule has 0 aliphatic carbocycles. The van der Waals surface area contributed by atoms with E-state index >= 15 is 0 Å². The van der Waals surface area contributed by atoms with Gasteiger partial charge in [0.05, 0.1) is 18.1 Å². The van der Waals surface area contributed by atoms with Crippen LogP contribution in [0.2, 0.25) is 0 Å². The molecule has 1 spiro atoms. The summed E-state index contributed by atoms with van der Waals surface area (Å²) in [6, 6.07) is 0. The van der Waals surface area contributed by atoms with Gasteiger partial charge in [-0.3, -0.25) is 4.79 Å². The van der Waals surface area contributed by atoms with E-state index in [1.165, 1.54) is 0 Å². The number of ether oxygens (including phenoxy) is 2. The zero-order valence-corrected chi connectivity index (χ0v) is 12.7. The second kappa shape index (κ2) is 4.54. The van der Waals surface area contributed by atoms with Gasteiger partial charge in [-0.05, 0) is 32.1 Å². The first-order valence-corrected chi connectivity index (χ1v) is 7.16. The average Bonchev–Trinajstić information content (AvgIpc) is 2.50. The third kappa shape index (κ3) is 2.24. The zero-order valence-electron chi connectivity index (χ0n) is 12.7. The van der Waals surface area contributed by atoms with E-state index in [0.29, 0.717) is 6.61 Å². The first-order valence-electron chi connectivity index (χ1n) is 7.16. The van der Waals surface area contributed by atoms with E-state index in [4.69, 9.17) is 9.47 Å². The van der Waals surface area contributed by atoms with Crippen LogP contribution in [0, 0.1) is 10.8 Å². The topological polar surface area (TPSA) is 55.8 Å². The van der Waals surface area contributed by atoms with E-state index < -0.39 is 28.8 Å². The van der Waals surface area contributed by atoms with E-state index in [0.717, 1.165) is 19.3 Å². The predicted molar refractivity (Wildman–Crippen MR) is 71.7 cm³/mol. The normalized spacial score (nSPS) is 36.7. The van der Waals surface area contributed by atoms with E-state index in [1.807, 2.05) is 34.6 Å². The molecule has 2 aliphatic heterocycles. The largest absolute Gasteiger partial charge is 0.389 e. The van der Waals surface area contributed by atoms with Crippen LogP contribution >= 0.6 is 0 Å². The van der Waals surface area contributed by atoms with Crippen molar-refractivity contribution in [2.45, 2.75) is 71.9 Å². The minimum atomic E-state index is -0.848. The Labute approximate surface area is 115 Å². The number of carbonyl (C=O) groups is 1. The number of hydrogen-bond acceptors (Lipinski definition) is 4. The van der Waals surface area contributed by atoms with E-state index in [2.05, 4.69) is 0 Å². The Morgan fingerprint density at radius 3 is 2.42 bits per heavy atom. The molecule has 3 atom stereocenters. The van der Waals surface area contributed by atoms with Gasteiger partial charge in [0.1, 0.15) is 6.10 Å². The second-order valence-electron chi connectivity index (χ2n) is 7.40. The molecule has 0 bridgehead atoms. The summed E-state index contributed by atoms with van der Waals surface area (Å²) in [5.74, 6) is -0.893. The summed E-state index contributed by atoms with van der Waals surface area (Å²) in [5, 5.41) is 10.4. The molecule has 0 aromatic rings. The molecule has 0 saturated carbocycles. The standard InChI is InChI=1S/C15H26O4/c1-13(2,3)11(16)10-12(17)14(4,5)15(19-10)8-6-7-9-18-15/h10-11,16H,6-9H2,1-5H3/t10-,11-,15+/m1/s1. The van der Waals surface area contributed by atoms with Crippen LogP contribution in [-0.2, 0) is 14.3 Å². The highest BCUT2D eigenvalue weighted by Crippen LogP contribution is 2.50. The van der Waals surface area contributed by atoms with Crippen molar-refractivity contribution in [3.63, 3.8) is 0 Å². The molecule has 0 unspecified atom stereocenters. The van der Waals surface area contributed by atoms with E-state index in [-0.39, 0.29) is 5.78 Å². The molecule has 19 heavy (non-hydrogen) atoms. The number of hydrogen-bond donors (Lipinski definition) is 1. The molecule has 0 aromatic carbocycles. The monoisotopic (exact) mass is 270 g/mol. The first-order chi connectivity index (χ1) is 8.62. The molecule has 2 heterocycles. The number of Topliss-reactive ketones (excluding diaryl/α,β-unsaturated/α-hetero) is 1. The van der Waals surface area contributed by atoms with Gasteiger partial charge in [-0.25, -0.2) is 0 Å². The number of ketones is 1. The van der Waals surface area contributed by atoms with Crippen molar-refractivity contribution < 1.29 is 19.4 Å². The minimum Gasteiger partial charge on any atom is -0.389 e. The molecular weight excluding hydrogens is 244 g/mol. The highest BCUT2D eigenvalue weighted by atomic mass is 16.7. The lowest BCUT2D eigenvalue weighted by molar-refractivity contribution is -0.290. The molecule has 0 aromatic heterocycles. The van der Waals surface area contributed by atoms with Gasteiger partial charge in [0.15, 0.2) is 11.6 Å². The van der Waals surface area contributed by atoms with Crippen LogP contribution < -0.4 is 0 Å². The van der Waals surface area contributed by atoms with Crippen LogP contribution in [0.15, 0.2) is 0 Å². The summed E-state index contributed by atoms with van der Waals surface area (Å²) in [6.07, 6.45) is 1.12. The minimum absolute atomic E-state index is 0.0446. The highest BCUT2D eigenvalue weighted by molar-refractivity contribution is 5.92. The molecule has 4 heteroatoms. The van der Waals surface area contributed by atoms with Gasteiger partial charge in [0, 0.05) is 6.42 Å². The van der Waals surface area contributed by atoms with Crippen molar-refractivity contribution in [2.24, 2.45) is 10.8 Å². The smallest absolute Gasteiger partial charge is 0.181 e. The fourth-order valence-electron chi connectivity index (χ4n) is 2.97. The quantitative estimate of drug-likeness (QED) is 0.794. The molecular formula is C15H26O4. The first kappa shape index (κ1) is 14.9. The molecule has 2 aliphatic rings. The van der Waals surface area contributed by atoms with Crippen molar-refractivity contribution in [1.29, 1.82) is 0 Å². The molecule has 110 valence electrons. The van der Waals surface area contributed by atoms with Crippen molar-refractivity contribution in [1.82, 2.24) is 0 Å². The van der Waals surface area contributed by atoms with Crippen LogP contribution in [0.4, 0.5) is 0 Å².